The summed E-state index contributed by atoms with van der Waals surface area (Å²) >= 11 is 0. The predicted molar refractivity (Wildman–Crippen MR) is 88.7 cm³/mol. The van der Waals surface area contributed by atoms with Gasteiger partial charge in [-0.05, 0) is 24.7 Å². The number of carboxylic acids is 1. The van der Waals surface area contributed by atoms with E-state index >= 15 is 0 Å². The van der Waals surface area contributed by atoms with E-state index < -0.39 is 23.5 Å². The second-order valence-electron chi connectivity index (χ2n) is 7.09. The molecule has 0 radical (unpaired) electrons. The maximum absolute atomic E-state index is 12.0. The van der Waals surface area contributed by atoms with Crippen LogP contribution in [0.4, 0.5) is 0 Å². The third kappa shape index (κ3) is 5.04. The Kier molecular flexibility index (Phi) is 6.77. The summed E-state index contributed by atoms with van der Waals surface area (Å²) in [6.45, 7) is 11.0. The SMILES string of the molecule is C=C[C@@H](C(C(N)=O)N1CCC(O)(CC(=O)O)CC1)[C@H](C)C(C)C. The van der Waals surface area contributed by atoms with E-state index in [1.165, 1.54) is 0 Å². The van der Waals surface area contributed by atoms with Crippen LogP contribution in [0.3, 0.4) is 0 Å². The fourth-order valence-electron chi connectivity index (χ4n) is 3.37. The fraction of sp³-hybridized carbons (Fsp3) is 0.765. The second-order valence-corrected chi connectivity index (χ2v) is 7.09. The summed E-state index contributed by atoms with van der Waals surface area (Å²) in [5.41, 5.74) is 4.45. The van der Waals surface area contributed by atoms with Gasteiger partial charge in [-0.3, -0.25) is 14.5 Å². The van der Waals surface area contributed by atoms with Crippen molar-refractivity contribution in [3.05, 3.63) is 12.7 Å². The number of aliphatic carboxylic acids is 1. The van der Waals surface area contributed by atoms with Crippen molar-refractivity contribution in [2.24, 2.45) is 23.5 Å². The van der Waals surface area contributed by atoms with Crippen LogP contribution in [0.1, 0.15) is 40.0 Å². The Hall–Kier alpha value is -1.40. The Morgan fingerprint density at radius 2 is 1.83 bits per heavy atom. The van der Waals surface area contributed by atoms with Gasteiger partial charge in [0, 0.05) is 19.0 Å². The van der Waals surface area contributed by atoms with E-state index in [1.54, 1.807) is 6.08 Å². The molecule has 0 aromatic carbocycles. The molecule has 23 heavy (non-hydrogen) atoms. The zero-order chi connectivity index (χ0) is 17.8. The number of piperidine rings is 1. The number of amides is 1. The molecule has 1 saturated heterocycles. The van der Waals surface area contributed by atoms with Crippen LogP contribution in [0, 0.1) is 17.8 Å². The van der Waals surface area contributed by atoms with Gasteiger partial charge in [0.1, 0.15) is 0 Å². The average Bonchev–Trinajstić information content (AvgIpc) is 2.43. The number of carbonyl (C=O) groups is 2. The highest BCUT2D eigenvalue weighted by molar-refractivity contribution is 5.80. The predicted octanol–water partition coefficient (Wildman–Crippen LogP) is 1.24. The first-order valence-corrected chi connectivity index (χ1v) is 8.21. The first-order chi connectivity index (χ1) is 10.6. The van der Waals surface area contributed by atoms with E-state index in [9.17, 15) is 14.7 Å². The lowest BCUT2D eigenvalue weighted by Gasteiger charge is -2.43. The number of rotatable bonds is 8. The Balaban J connectivity index is 2.86. The van der Waals surface area contributed by atoms with Gasteiger partial charge in [0.2, 0.25) is 5.91 Å². The molecule has 1 heterocycles. The van der Waals surface area contributed by atoms with Crippen molar-refractivity contribution in [3.63, 3.8) is 0 Å². The second kappa shape index (κ2) is 7.93. The summed E-state index contributed by atoms with van der Waals surface area (Å²) in [5.74, 6) is -0.854. The molecule has 6 heteroatoms. The van der Waals surface area contributed by atoms with E-state index in [2.05, 4.69) is 27.4 Å². The first-order valence-electron chi connectivity index (χ1n) is 8.21. The lowest BCUT2D eigenvalue weighted by atomic mass is 9.78. The maximum atomic E-state index is 12.0. The summed E-state index contributed by atoms with van der Waals surface area (Å²) in [7, 11) is 0. The molecule has 1 aliphatic heterocycles. The van der Waals surface area contributed by atoms with Gasteiger partial charge in [-0.2, -0.15) is 0 Å². The Morgan fingerprint density at radius 1 is 1.30 bits per heavy atom. The molecule has 1 unspecified atom stereocenters. The number of carbonyl (C=O) groups excluding carboxylic acids is 1. The number of likely N-dealkylation sites (tertiary alicyclic amines) is 1. The molecule has 1 aliphatic rings. The third-order valence-corrected chi connectivity index (χ3v) is 5.19. The highest BCUT2D eigenvalue weighted by Crippen LogP contribution is 2.32. The zero-order valence-electron chi connectivity index (χ0n) is 14.4. The van der Waals surface area contributed by atoms with Crippen LogP contribution in [-0.2, 0) is 9.59 Å². The van der Waals surface area contributed by atoms with Crippen molar-refractivity contribution in [3.8, 4) is 0 Å². The van der Waals surface area contributed by atoms with Crippen LogP contribution in [0.2, 0.25) is 0 Å². The van der Waals surface area contributed by atoms with Gasteiger partial charge < -0.3 is 15.9 Å². The Morgan fingerprint density at radius 3 is 2.17 bits per heavy atom. The van der Waals surface area contributed by atoms with Crippen LogP contribution in [0.15, 0.2) is 12.7 Å². The normalized spacial score (nSPS) is 22.3. The standard InChI is InChI=1S/C17H30N2O4/c1-5-13(12(4)11(2)3)15(16(18)22)19-8-6-17(23,7-9-19)10-14(20)21/h5,11-13,15,23H,1,6-10H2,2-4H3,(H2,18,22)(H,20,21)/t12-,13-,15?/m1/s1. The molecular weight excluding hydrogens is 296 g/mol. The van der Waals surface area contributed by atoms with Crippen LogP contribution >= 0.6 is 0 Å². The smallest absolute Gasteiger partial charge is 0.306 e. The highest BCUT2D eigenvalue weighted by Gasteiger charge is 2.41. The molecule has 6 nitrogen and oxygen atoms in total. The molecule has 0 spiro atoms. The molecule has 4 N–H and O–H groups in total. The number of hydrogen-bond donors (Lipinski definition) is 3. The third-order valence-electron chi connectivity index (χ3n) is 5.19. The van der Waals surface area contributed by atoms with Crippen LogP contribution < -0.4 is 5.73 Å². The van der Waals surface area contributed by atoms with Crippen molar-refractivity contribution >= 4 is 11.9 Å². The van der Waals surface area contributed by atoms with Crippen molar-refractivity contribution in [1.29, 1.82) is 0 Å². The summed E-state index contributed by atoms with van der Waals surface area (Å²) in [4.78, 5) is 24.9. The maximum Gasteiger partial charge on any atom is 0.306 e. The minimum atomic E-state index is -1.20. The lowest BCUT2D eigenvalue weighted by Crippen LogP contribution is -2.56. The average molecular weight is 326 g/mol. The topological polar surface area (TPSA) is 104 Å². The first kappa shape index (κ1) is 19.6. The summed E-state index contributed by atoms with van der Waals surface area (Å²) < 4.78 is 0. The number of nitrogens with zero attached hydrogens (tertiary/aromatic N) is 1. The van der Waals surface area contributed by atoms with Crippen molar-refractivity contribution in [1.82, 2.24) is 4.90 Å². The molecule has 1 amide bonds. The van der Waals surface area contributed by atoms with E-state index in [0.29, 0.717) is 31.8 Å². The molecule has 0 bridgehead atoms. The van der Waals surface area contributed by atoms with Gasteiger partial charge >= 0.3 is 5.97 Å². The van der Waals surface area contributed by atoms with Crippen LogP contribution in [-0.4, -0.2) is 51.7 Å². The van der Waals surface area contributed by atoms with Gasteiger partial charge in [-0.25, -0.2) is 0 Å². The molecule has 1 fully saturated rings. The van der Waals surface area contributed by atoms with Gasteiger partial charge in [-0.1, -0.05) is 26.8 Å². The lowest BCUT2D eigenvalue weighted by molar-refractivity contribution is -0.146. The monoisotopic (exact) mass is 326 g/mol. The minimum absolute atomic E-state index is 0.0711. The molecule has 1 rings (SSSR count). The number of primary amides is 1. The molecule has 3 atom stereocenters. The number of nitrogens with two attached hydrogens (primary N) is 1. The van der Waals surface area contributed by atoms with E-state index in [4.69, 9.17) is 10.8 Å². The fourth-order valence-corrected chi connectivity index (χ4v) is 3.37. The van der Waals surface area contributed by atoms with Crippen LogP contribution in [0.5, 0.6) is 0 Å². The van der Waals surface area contributed by atoms with Gasteiger partial charge in [0.25, 0.3) is 0 Å². The van der Waals surface area contributed by atoms with Gasteiger partial charge in [0.05, 0.1) is 18.1 Å². The molecular formula is C17H30N2O4. The number of hydrogen-bond acceptors (Lipinski definition) is 4. The van der Waals surface area contributed by atoms with Crippen LogP contribution in [0.25, 0.3) is 0 Å². The number of carboxylic acid groups (broad SMARTS) is 1. The summed E-state index contributed by atoms with van der Waals surface area (Å²) in [6.07, 6.45) is 2.17. The quantitative estimate of drug-likeness (QED) is 0.582. The van der Waals surface area contributed by atoms with Gasteiger partial charge in [-0.15, -0.1) is 6.58 Å². The van der Waals surface area contributed by atoms with E-state index in [-0.39, 0.29) is 18.3 Å². The van der Waals surface area contributed by atoms with Crippen molar-refractivity contribution < 1.29 is 19.8 Å². The van der Waals surface area contributed by atoms with E-state index in [1.807, 2.05) is 4.90 Å². The highest BCUT2D eigenvalue weighted by atomic mass is 16.4. The Bertz CT molecular complexity index is 442. The van der Waals surface area contributed by atoms with Gasteiger partial charge in [0.15, 0.2) is 0 Å². The van der Waals surface area contributed by atoms with E-state index in [0.717, 1.165) is 0 Å². The zero-order valence-corrected chi connectivity index (χ0v) is 14.4. The Labute approximate surface area is 138 Å². The minimum Gasteiger partial charge on any atom is -0.481 e. The molecule has 0 aliphatic carbocycles. The summed E-state index contributed by atoms with van der Waals surface area (Å²) in [5, 5.41) is 19.2. The van der Waals surface area contributed by atoms with Crippen molar-refractivity contribution in [2.75, 3.05) is 13.1 Å². The summed E-state index contributed by atoms with van der Waals surface area (Å²) in [6, 6.07) is -0.473. The van der Waals surface area contributed by atoms with Crippen molar-refractivity contribution in [2.45, 2.75) is 51.7 Å². The molecule has 132 valence electrons. The molecule has 0 saturated carbocycles. The molecule has 0 aromatic heterocycles. The largest absolute Gasteiger partial charge is 0.481 e. The number of aliphatic hydroxyl groups is 1. The molecule has 0 aromatic rings.